The molecule has 2 heterocycles. The van der Waals surface area contributed by atoms with E-state index in [0.717, 1.165) is 44.0 Å². The Morgan fingerprint density at radius 1 is 1.16 bits per heavy atom. The Morgan fingerprint density at radius 2 is 1.84 bits per heavy atom. The van der Waals surface area contributed by atoms with Gasteiger partial charge in [0.2, 0.25) is 5.91 Å². The molecular formula is C15H19ClN2O. The lowest BCUT2D eigenvalue weighted by molar-refractivity contribution is -0.134. The highest BCUT2D eigenvalue weighted by Crippen LogP contribution is 2.31. The molecule has 0 bridgehead atoms. The first kappa shape index (κ1) is 12.9. The molecule has 0 aliphatic carbocycles. The highest BCUT2D eigenvalue weighted by atomic mass is 35.5. The fraction of sp³-hybridized carbons (Fsp3) is 0.533. The average Bonchev–Trinajstić information content (AvgIpc) is 3.10. The minimum absolute atomic E-state index is 0.0827. The number of nitrogens with one attached hydrogen (secondary N) is 1. The Labute approximate surface area is 118 Å². The van der Waals surface area contributed by atoms with Crippen LogP contribution in [-0.4, -0.2) is 37.0 Å². The Hall–Kier alpha value is -1.06. The van der Waals surface area contributed by atoms with Gasteiger partial charge in [-0.25, -0.2) is 0 Å². The van der Waals surface area contributed by atoms with E-state index in [0.29, 0.717) is 5.91 Å². The maximum absolute atomic E-state index is 12.6. The number of benzene rings is 1. The number of hydrogen-bond donors (Lipinski definition) is 1. The van der Waals surface area contributed by atoms with Crippen molar-refractivity contribution in [3.05, 3.63) is 34.9 Å². The monoisotopic (exact) mass is 278 g/mol. The van der Waals surface area contributed by atoms with Gasteiger partial charge in [0.1, 0.15) is 0 Å². The van der Waals surface area contributed by atoms with Crippen molar-refractivity contribution in [1.82, 2.24) is 10.2 Å². The van der Waals surface area contributed by atoms with Crippen LogP contribution < -0.4 is 5.32 Å². The molecule has 2 saturated heterocycles. The van der Waals surface area contributed by atoms with Crippen molar-refractivity contribution in [3.8, 4) is 0 Å². The van der Waals surface area contributed by atoms with Gasteiger partial charge in [0.15, 0.2) is 0 Å². The normalized spacial score (nSPS) is 26.9. The predicted octanol–water partition coefficient (Wildman–Crippen LogP) is 2.27. The summed E-state index contributed by atoms with van der Waals surface area (Å²) in [7, 11) is 0. The molecule has 2 fully saturated rings. The summed E-state index contributed by atoms with van der Waals surface area (Å²) in [5, 5.41) is 4.11. The zero-order valence-electron chi connectivity index (χ0n) is 10.9. The number of carbonyl (C=O) groups excluding carboxylic acids is 1. The van der Waals surface area contributed by atoms with Crippen molar-refractivity contribution in [2.45, 2.75) is 18.8 Å². The molecule has 0 unspecified atom stereocenters. The lowest BCUT2D eigenvalue weighted by atomic mass is 9.88. The number of amides is 1. The number of rotatable bonds is 2. The number of likely N-dealkylation sites (tertiary alicyclic amines) is 1. The van der Waals surface area contributed by atoms with Crippen LogP contribution in [0, 0.1) is 5.92 Å². The molecule has 0 aromatic heterocycles. The number of carbonyl (C=O) groups is 1. The molecule has 0 radical (unpaired) electrons. The van der Waals surface area contributed by atoms with Crippen LogP contribution >= 0.6 is 11.6 Å². The summed E-state index contributed by atoms with van der Waals surface area (Å²) < 4.78 is 0. The molecule has 19 heavy (non-hydrogen) atoms. The Kier molecular flexibility index (Phi) is 3.76. The van der Waals surface area contributed by atoms with Crippen LogP contribution in [0.1, 0.15) is 24.3 Å². The summed E-state index contributed by atoms with van der Waals surface area (Å²) in [6.07, 6.45) is 2.30. The molecule has 2 aliphatic rings. The first-order valence-electron chi connectivity index (χ1n) is 7.00. The Balaban J connectivity index is 1.77. The molecule has 0 saturated carbocycles. The second-order valence-corrected chi connectivity index (χ2v) is 5.89. The van der Waals surface area contributed by atoms with Gasteiger partial charge < -0.3 is 10.2 Å². The summed E-state index contributed by atoms with van der Waals surface area (Å²) in [6, 6.07) is 7.91. The van der Waals surface area contributed by atoms with E-state index in [4.69, 9.17) is 11.6 Å². The lowest BCUT2D eigenvalue weighted by Gasteiger charge is -2.24. The van der Waals surface area contributed by atoms with Gasteiger partial charge in [-0.15, -0.1) is 0 Å². The van der Waals surface area contributed by atoms with Gasteiger partial charge in [0, 0.05) is 37.1 Å². The molecule has 4 heteroatoms. The van der Waals surface area contributed by atoms with Crippen LogP contribution in [0.15, 0.2) is 24.3 Å². The van der Waals surface area contributed by atoms with Crippen LogP contribution in [0.3, 0.4) is 0 Å². The highest BCUT2D eigenvalue weighted by Gasteiger charge is 2.36. The van der Waals surface area contributed by atoms with Gasteiger partial charge in [-0.2, -0.15) is 0 Å². The zero-order chi connectivity index (χ0) is 13.2. The van der Waals surface area contributed by atoms with Crippen molar-refractivity contribution in [1.29, 1.82) is 0 Å². The minimum Gasteiger partial charge on any atom is -0.342 e. The molecule has 1 aromatic carbocycles. The van der Waals surface area contributed by atoms with Gasteiger partial charge in [-0.1, -0.05) is 23.7 Å². The van der Waals surface area contributed by atoms with Gasteiger partial charge in [0.05, 0.1) is 5.92 Å². The lowest BCUT2D eigenvalue weighted by Crippen LogP contribution is -2.36. The highest BCUT2D eigenvalue weighted by molar-refractivity contribution is 6.30. The van der Waals surface area contributed by atoms with E-state index in [2.05, 4.69) is 5.32 Å². The van der Waals surface area contributed by atoms with Gasteiger partial charge >= 0.3 is 0 Å². The van der Waals surface area contributed by atoms with Crippen LogP contribution in [-0.2, 0) is 4.79 Å². The molecule has 102 valence electrons. The maximum atomic E-state index is 12.6. The average molecular weight is 279 g/mol. The first-order valence-corrected chi connectivity index (χ1v) is 7.38. The van der Waals surface area contributed by atoms with E-state index in [9.17, 15) is 4.79 Å². The number of nitrogens with zero attached hydrogens (tertiary/aromatic N) is 1. The standard InChI is InChI=1S/C15H19ClN2O/c16-12-5-3-11(4-6-12)13-9-17-10-14(13)15(19)18-7-1-2-8-18/h3-6,13-14,17H,1-2,7-10H2/t13-,14+/m0/s1. The molecule has 0 spiro atoms. The van der Waals surface area contributed by atoms with Gasteiger partial charge in [-0.05, 0) is 30.5 Å². The molecule has 2 atom stereocenters. The molecule has 1 amide bonds. The fourth-order valence-corrected chi connectivity index (χ4v) is 3.30. The molecular weight excluding hydrogens is 260 g/mol. The van der Waals surface area contributed by atoms with Crippen LogP contribution in [0.25, 0.3) is 0 Å². The molecule has 3 rings (SSSR count). The van der Waals surface area contributed by atoms with Crippen LogP contribution in [0.2, 0.25) is 5.02 Å². The van der Waals surface area contributed by atoms with Crippen molar-refractivity contribution in [3.63, 3.8) is 0 Å². The summed E-state index contributed by atoms with van der Waals surface area (Å²) in [5.74, 6) is 0.687. The third-order valence-electron chi connectivity index (χ3n) is 4.25. The predicted molar refractivity (Wildman–Crippen MR) is 76.4 cm³/mol. The molecule has 3 nitrogen and oxygen atoms in total. The van der Waals surface area contributed by atoms with Crippen molar-refractivity contribution in [2.75, 3.05) is 26.2 Å². The largest absolute Gasteiger partial charge is 0.342 e. The SMILES string of the molecule is O=C([C@@H]1CNC[C@H]1c1ccc(Cl)cc1)N1CCCC1. The molecule has 2 aliphatic heterocycles. The topological polar surface area (TPSA) is 32.3 Å². The maximum Gasteiger partial charge on any atom is 0.227 e. The van der Waals surface area contributed by atoms with E-state index < -0.39 is 0 Å². The quantitative estimate of drug-likeness (QED) is 0.900. The summed E-state index contributed by atoms with van der Waals surface area (Å²) in [4.78, 5) is 14.6. The van der Waals surface area contributed by atoms with E-state index in [1.165, 1.54) is 5.56 Å². The molecule has 1 N–H and O–H groups in total. The molecule has 1 aromatic rings. The van der Waals surface area contributed by atoms with E-state index >= 15 is 0 Å². The third kappa shape index (κ3) is 2.63. The Bertz CT molecular complexity index is 454. The van der Waals surface area contributed by atoms with Crippen molar-refractivity contribution < 1.29 is 4.79 Å². The second-order valence-electron chi connectivity index (χ2n) is 5.46. The third-order valence-corrected chi connectivity index (χ3v) is 4.50. The van der Waals surface area contributed by atoms with Crippen LogP contribution in [0.5, 0.6) is 0 Å². The van der Waals surface area contributed by atoms with Crippen molar-refractivity contribution >= 4 is 17.5 Å². The van der Waals surface area contributed by atoms with Gasteiger partial charge in [-0.3, -0.25) is 4.79 Å². The summed E-state index contributed by atoms with van der Waals surface area (Å²) in [6.45, 7) is 3.54. The minimum atomic E-state index is 0.0827. The zero-order valence-corrected chi connectivity index (χ0v) is 11.7. The van der Waals surface area contributed by atoms with E-state index in [1.807, 2.05) is 29.2 Å². The Morgan fingerprint density at radius 3 is 2.53 bits per heavy atom. The van der Waals surface area contributed by atoms with Crippen LogP contribution in [0.4, 0.5) is 0 Å². The fourth-order valence-electron chi connectivity index (χ4n) is 3.17. The number of halogens is 1. The summed E-state index contributed by atoms with van der Waals surface area (Å²) >= 11 is 5.93. The van der Waals surface area contributed by atoms with E-state index in [1.54, 1.807) is 0 Å². The second kappa shape index (κ2) is 5.51. The summed E-state index contributed by atoms with van der Waals surface area (Å²) in [5.41, 5.74) is 1.21. The van der Waals surface area contributed by atoms with Crippen molar-refractivity contribution in [2.24, 2.45) is 5.92 Å². The smallest absolute Gasteiger partial charge is 0.227 e. The van der Waals surface area contributed by atoms with E-state index in [-0.39, 0.29) is 11.8 Å². The number of hydrogen-bond acceptors (Lipinski definition) is 2. The van der Waals surface area contributed by atoms with Gasteiger partial charge in [0.25, 0.3) is 0 Å². The first-order chi connectivity index (χ1) is 9.25.